The van der Waals surface area contributed by atoms with E-state index in [1.165, 1.54) is 12.4 Å². The molecule has 0 bridgehead atoms. The molecule has 0 atom stereocenters. The number of nitrogens with two attached hydrogens (primary N) is 1. The maximum atomic E-state index is 12.1. The first-order valence-corrected chi connectivity index (χ1v) is 6.69. The molecule has 0 saturated heterocycles. The minimum Gasteiger partial charge on any atom is -0.326 e. The SMILES string of the molecule is Cc1cc(NS(=O)(=O)c2[nH]ncc2CN)ccn1. The summed E-state index contributed by atoms with van der Waals surface area (Å²) in [5.41, 5.74) is 7.05. The van der Waals surface area contributed by atoms with Crippen molar-refractivity contribution in [3.63, 3.8) is 0 Å². The van der Waals surface area contributed by atoms with E-state index in [0.717, 1.165) is 5.69 Å². The van der Waals surface area contributed by atoms with Gasteiger partial charge in [-0.1, -0.05) is 0 Å². The molecular formula is C10H13N5O2S. The van der Waals surface area contributed by atoms with E-state index in [9.17, 15) is 8.42 Å². The van der Waals surface area contributed by atoms with Gasteiger partial charge in [0.25, 0.3) is 10.0 Å². The highest BCUT2D eigenvalue weighted by molar-refractivity contribution is 7.92. The summed E-state index contributed by atoms with van der Waals surface area (Å²) in [7, 11) is -3.71. The van der Waals surface area contributed by atoms with Crippen LogP contribution in [0.4, 0.5) is 5.69 Å². The molecule has 2 rings (SSSR count). The third kappa shape index (κ3) is 2.49. The second-order valence-electron chi connectivity index (χ2n) is 3.72. The molecule has 0 unspecified atom stereocenters. The number of rotatable bonds is 4. The van der Waals surface area contributed by atoms with Gasteiger partial charge in [-0.25, -0.2) is 0 Å². The number of sulfonamides is 1. The molecule has 18 heavy (non-hydrogen) atoms. The third-order valence-corrected chi connectivity index (χ3v) is 3.71. The molecule has 2 aromatic rings. The molecule has 0 saturated carbocycles. The van der Waals surface area contributed by atoms with E-state index in [1.807, 2.05) is 0 Å². The number of pyridine rings is 1. The minimum atomic E-state index is -3.71. The van der Waals surface area contributed by atoms with Crippen LogP contribution in [0, 0.1) is 6.92 Å². The molecule has 4 N–H and O–H groups in total. The fourth-order valence-electron chi connectivity index (χ4n) is 1.49. The van der Waals surface area contributed by atoms with E-state index in [1.54, 1.807) is 19.1 Å². The zero-order valence-electron chi connectivity index (χ0n) is 9.71. The summed E-state index contributed by atoms with van der Waals surface area (Å²) in [5.74, 6) is 0. The number of anilines is 1. The summed E-state index contributed by atoms with van der Waals surface area (Å²) in [4.78, 5) is 3.99. The van der Waals surface area contributed by atoms with Gasteiger partial charge >= 0.3 is 0 Å². The van der Waals surface area contributed by atoms with Crippen LogP contribution < -0.4 is 10.5 Å². The zero-order chi connectivity index (χ0) is 13.2. The lowest BCUT2D eigenvalue weighted by Gasteiger charge is -2.07. The molecular weight excluding hydrogens is 254 g/mol. The van der Waals surface area contributed by atoms with Crippen molar-refractivity contribution < 1.29 is 8.42 Å². The van der Waals surface area contributed by atoms with Crippen molar-refractivity contribution in [1.29, 1.82) is 0 Å². The van der Waals surface area contributed by atoms with Crippen LogP contribution in [0.2, 0.25) is 0 Å². The summed E-state index contributed by atoms with van der Waals surface area (Å²) in [5, 5.41) is 6.10. The van der Waals surface area contributed by atoms with E-state index in [0.29, 0.717) is 11.3 Å². The average Bonchev–Trinajstić information content (AvgIpc) is 2.77. The third-order valence-electron chi connectivity index (χ3n) is 2.32. The van der Waals surface area contributed by atoms with Gasteiger partial charge in [-0.05, 0) is 19.1 Å². The largest absolute Gasteiger partial charge is 0.326 e. The molecule has 2 aromatic heterocycles. The Balaban J connectivity index is 2.33. The van der Waals surface area contributed by atoms with Gasteiger partial charge in [0.1, 0.15) is 0 Å². The zero-order valence-corrected chi connectivity index (χ0v) is 10.5. The standard InChI is InChI=1S/C10H13N5O2S/c1-7-4-9(2-3-12-7)15-18(16,17)10-8(5-11)6-13-14-10/h2-4,6H,5,11H2,1H3,(H,12,15)(H,13,14). The van der Waals surface area contributed by atoms with Crippen molar-refractivity contribution in [2.75, 3.05) is 4.72 Å². The van der Waals surface area contributed by atoms with Crippen molar-refractivity contribution in [2.24, 2.45) is 5.73 Å². The van der Waals surface area contributed by atoms with Gasteiger partial charge in [0.15, 0.2) is 5.03 Å². The van der Waals surface area contributed by atoms with Gasteiger partial charge in [0.2, 0.25) is 0 Å². The van der Waals surface area contributed by atoms with E-state index < -0.39 is 10.0 Å². The number of aromatic nitrogens is 3. The summed E-state index contributed by atoms with van der Waals surface area (Å²) in [6, 6.07) is 3.21. The maximum absolute atomic E-state index is 12.1. The molecule has 0 amide bonds. The highest BCUT2D eigenvalue weighted by atomic mass is 32.2. The number of H-pyrrole nitrogens is 1. The van der Waals surface area contributed by atoms with Gasteiger partial charge in [-0.2, -0.15) is 13.5 Å². The number of nitrogens with one attached hydrogen (secondary N) is 2. The topological polar surface area (TPSA) is 114 Å². The summed E-state index contributed by atoms with van der Waals surface area (Å²) < 4.78 is 26.6. The fourth-order valence-corrected chi connectivity index (χ4v) is 2.69. The number of nitrogens with zero attached hydrogens (tertiary/aromatic N) is 2. The van der Waals surface area contributed by atoms with Crippen LogP contribution in [0.25, 0.3) is 0 Å². The fraction of sp³-hybridized carbons (Fsp3) is 0.200. The molecule has 0 aliphatic rings. The van der Waals surface area contributed by atoms with Crippen molar-refractivity contribution in [1.82, 2.24) is 15.2 Å². The highest BCUT2D eigenvalue weighted by Gasteiger charge is 2.20. The first-order valence-electron chi connectivity index (χ1n) is 5.21. The molecule has 0 fully saturated rings. The van der Waals surface area contributed by atoms with Crippen LogP contribution in [0.15, 0.2) is 29.6 Å². The summed E-state index contributed by atoms with van der Waals surface area (Å²) >= 11 is 0. The lowest BCUT2D eigenvalue weighted by molar-refractivity contribution is 0.596. The lowest BCUT2D eigenvalue weighted by atomic mass is 10.3. The van der Waals surface area contributed by atoms with Gasteiger partial charge in [-0.3, -0.25) is 14.8 Å². The minimum absolute atomic E-state index is 0.0144. The van der Waals surface area contributed by atoms with Gasteiger partial charge in [0, 0.05) is 24.0 Å². The Bertz CT molecular complexity index is 650. The van der Waals surface area contributed by atoms with Crippen LogP contribution in [0.3, 0.4) is 0 Å². The van der Waals surface area contributed by atoms with Crippen molar-refractivity contribution in [2.45, 2.75) is 18.5 Å². The highest BCUT2D eigenvalue weighted by Crippen LogP contribution is 2.17. The maximum Gasteiger partial charge on any atom is 0.279 e. The Kier molecular flexibility index (Phi) is 3.30. The van der Waals surface area contributed by atoms with Crippen LogP contribution >= 0.6 is 0 Å². The monoisotopic (exact) mass is 267 g/mol. The molecule has 8 heteroatoms. The smallest absolute Gasteiger partial charge is 0.279 e. The Morgan fingerprint density at radius 3 is 2.94 bits per heavy atom. The lowest BCUT2D eigenvalue weighted by Crippen LogP contribution is -2.16. The van der Waals surface area contributed by atoms with Gasteiger partial charge in [-0.15, -0.1) is 0 Å². The normalized spacial score (nSPS) is 11.4. The average molecular weight is 267 g/mol. The molecule has 2 heterocycles. The van der Waals surface area contributed by atoms with Crippen molar-refractivity contribution >= 4 is 15.7 Å². The van der Waals surface area contributed by atoms with E-state index in [-0.39, 0.29) is 11.6 Å². The molecule has 0 spiro atoms. The Morgan fingerprint density at radius 1 is 1.50 bits per heavy atom. The summed E-state index contributed by atoms with van der Waals surface area (Å²) in [6.07, 6.45) is 2.93. The number of aromatic amines is 1. The predicted octanol–water partition coefficient (Wildman–Crippen LogP) is 0.373. The molecule has 0 aliphatic heterocycles. The van der Waals surface area contributed by atoms with E-state index in [2.05, 4.69) is 19.9 Å². The second-order valence-corrected chi connectivity index (χ2v) is 5.34. The van der Waals surface area contributed by atoms with Gasteiger partial charge < -0.3 is 5.73 Å². The Hall–Kier alpha value is -1.93. The van der Waals surface area contributed by atoms with Crippen LogP contribution in [0.1, 0.15) is 11.3 Å². The molecule has 96 valence electrons. The quantitative estimate of drug-likeness (QED) is 0.740. The van der Waals surface area contributed by atoms with E-state index >= 15 is 0 Å². The number of aryl methyl sites for hydroxylation is 1. The molecule has 0 aromatic carbocycles. The van der Waals surface area contributed by atoms with E-state index in [4.69, 9.17) is 5.73 Å². The number of hydrogen-bond donors (Lipinski definition) is 3. The number of hydrogen-bond acceptors (Lipinski definition) is 5. The first-order chi connectivity index (χ1) is 8.53. The van der Waals surface area contributed by atoms with Gasteiger partial charge in [0.05, 0.1) is 11.9 Å². The van der Waals surface area contributed by atoms with Crippen LogP contribution in [-0.2, 0) is 16.6 Å². The Labute approximate surface area is 104 Å². The first kappa shape index (κ1) is 12.5. The Morgan fingerprint density at radius 2 is 2.28 bits per heavy atom. The van der Waals surface area contributed by atoms with Crippen LogP contribution in [-0.4, -0.2) is 23.6 Å². The molecule has 0 radical (unpaired) electrons. The predicted molar refractivity (Wildman–Crippen MR) is 66.3 cm³/mol. The summed E-state index contributed by atoms with van der Waals surface area (Å²) in [6.45, 7) is 1.88. The molecule has 0 aliphatic carbocycles. The second kappa shape index (κ2) is 4.75. The van der Waals surface area contributed by atoms with Crippen molar-refractivity contribution in [3.8, 4) is 0 Å². The molecule has 7 nitrogen and oxygen atoms in total. The van der Waals surface area contributed by atoms with Crippen molar-refractivity contribution in [3.05, 3.63) is 35.8 Å². The van der Waals surface area contributed by atoms with Crippen LogP contribution in [0.5, 0.6) is 0 Å².